The van der Waals surface area contributed by atoms with E-state index in [1.807, 2.05) is 42.5 Å². The Labute approximate surface area is 304 Å². The molecule has 1 aliphatic carbocycles. The molecule has 5 nitrogen and oxygen atoms in total. The van der Waals surface area contributed by atoms with Crippen LogP contribution in [0.2, 0.25) is 0 Å². The topological polar surface area (TPSA) is 65.0 Å². The fourth-order valence-corrected chi connectivity index (χ4v) is 8.12. The molecule has 0 saturated heterocycles. The Hall–Kier alpha value is -6.85. The molecule has 0 amide bonds. The number of aromatic nitrogens is 3. The van der Waals surface area contributed by atoms with E-state index in [0.717, 1.165) is 88.9 Å². The third-order valence-corrected chi connectivity index (χ3v) is 10.7. The van der Waals surface area contributed by atoms with Crippen LogP contribution in [0.25, 0.3) is 106 Å². The minimum Gasteiger partial charge on any atom is -0.456 e. The Morgan fingerprint density at radius 2 is 1.06 bits per heavy atom. The minimum atomic E-state index is 0.521. The van der Waals surface area contributed by atoms with Crippen LogP contribution < -0.4 is 0 Å². The number of para-hydroxylation sites is 2. The number of rotatable bonds is 4. The summed E-state index contributed by atoms with van der Waals surface area (Å²) in [5, 5.41) is 6.55. The van der Waals surface area contributed by atoms with E-state index in [-0.39, 0.29) is 0 Å². The lowest BCUT2D eigenvalue weighted by Crippen LogP contribution is -2.04. The van der Waals surface area contributed by atoms with Gasteiger partial charge in [0, 0.05) is 38.2 Å². The van der Waals surface area contributed by atoms with Gasteiger partial charge in [0.05, 0.1) is 0 Å². The molecule has 3 aromatic heterocycles. The van der Waals surface area contributed by atoms with E-state index in [9.17, 15) is 0 Å². The first-order valence-electron chi connectivity index (χ1n) is 18.1. The standard InChI is InChI=1S/C48H31N3O2/c1-28-19-20-30-26-31(22-21-29(30)25-28)46-49-47(32-23-24-37-36-9-2-4-16-41(36)53-44(37)27-32)51-48(50-46)39-15-7-11-33-34(12-6-13-35(33)39)38-14-8-18-43-45(38)40-10-3-5-17-42(40)52-43/h2-24,26-28H,25H2,1H3. The zero-order valence-corrected chi connectivity index (χ0v) is 28.9. The van der Waals surface area contributed by atoms with E-state index in [2.05, 4.69) is 116 Å². The van der Waals surface area contributed by atoms with Crippen molar-refractivity contribution in [3.8, 4) is 45.3 Å². The molecule has 0 saturated carbocycles. The Morgan fingerprint density at radius 3 is 1.91 bits per heavy atom. The lowest BCUT2D eigenvalue weighted by molar-refractivity contribution is 0.668. The van der Waals surface area contributed by atoms with E-state index >= 15 is 0 Å². The number of hydrogen-bond acceptors (Lipinski definition) is 5. The summed E-state index contributed by atoms with van der Waals surface area (Å²) in [5.74, 6) is 2.36. The first-order chi connectivity index (χ1) is 26.1. The molecule has 1 atom stereocenters. The summed E-state index contributed by atoms with van der Waals surface area (Å²) < 4.78 is 12.6. The second kappa shape index (κ2) is 11.6. The van der Waals surface area contributed by atoms with Gasteiger partial charge in [-0.2, -0.15) is 0 Å². The number of hydrogen-bond donors (Lipinski definition) is 0. The molecule has 7 aromatic carbocycles. The number of fused-ring (bicyclic) bond motifs is 8. The van der Waals surface area contributed by atoms with Gasteiger partial charge in [0.15, 0.2) is 17.5 Å². The molecule has 10 aromatic rings. The second-order valence-electron chi connectivity index (χ2n) is 14.1. The highest BCUT2D eigenvalue weighted by Crippen LogP contribution is 2.41. The lowest BCUT2D eigenvalue weighted by atomic mass is 9.89. The van der Waals surface area contributed by atoms with E-state index in [1.165, 1.54) is 11.1 Å². The van der Waals surface area contributed by atoms with Gasteiger partial charge in [-0.05, 0) is 81.8 Å². The van der Waals surface area contributed by atoms with Gasteiger partial charge in [0.2, 0.25) is 0 Å². The van der Waals surface area contributed by atoms with Crippen LogP contribution in [0.3, 0.4) is 0 Å². The van der Waals surface area contributed by atoms with Gasteiger partial charge in [-0.1, -0.05) is 122 Å². The van der Waals surface area contributed by atoms with Gasteiger partial charge in [-0.15, -0.1) is 0 Å². The van der Waals surface area contributed by atoms with Crippen LogP contribution in [0.5, 0.6) is 0 Å². The smallest absolute Gasteiger partial charge is 0.164 e. The van der Waals surface area contributed by atoms with Crippen molar-refractivity contribution in [3.63, 3.8) is 0 Å². The van der Waals surface area contributed by atoms with Crippen molar-refractivity contribution in [3.05, 3.63) is 157 Å². The van der Waals surface area contributed by atoms with Gasteiger partial charge < -0.3 is 8.83 Å². The largest absolute Gasteiger partial charge is 0.456 e. The van der Waals surface area contributed by atoms with Gasteiger partial charge in [0.25, 0.3) is 0 Å². The average molecular weight is 682 g/mol. The number of furan rings is 2. The second-order valence-corrected chi connectivity index (χ2v) is 14.1. The van der Waals surface area contributed by atoms with Crippen LogP contribution in [0.4, 0.5) is 0 Å². The maximum atomic E-state index is 6.29. The molecule has 3 heterocycles. The number of nitrogens with zero attached hydrogens (tertiary/aromatic N) is 3. The van der Waals surface area contributed by atoms with Crippen LogP contribution in [0, 0.1) is 5.92 Å². The summed E-state index contributed by atoms with van der Waals surface area (Å²) in [5.41, 5.74) is 11.0. The monoisotopic (exact) mass is 681 g/mol. The minimum absolute atomic E-state index is 0.521. The number of benzene rings is 7. The predicted octanol–water partition coefficient (Wildman–Crippen LogP) is 12.7. The SMILES string of the molecule is CC1C=Cc2cc(-c3nc(-c4ccc5c(c4)oc4ccccc45)nc(-c4cccc5c(-c6cccc7oc8ccccc8c67)cccc45)n3)ccc2C1. The highest BCUT2D eigenvalue weighted by atomic mass is 16.3. The molecule has 11 rings (SSSR count). The van der Waals surface area contributed by atoms with Crippen molar-refractivity contribution < 1.29 is 8.83 Å². The first kappa shape index (κ1) is 29.8. The summed E-state index contributed by atoms with van der Waals surface area (Å²) in [6, 6.07) is 48.4. The van der Waals surface area contributed by atoms with Crippen molar-refractivity contribution in [2.45, 2.75) is 13.3 Å². The molecule has 53 heavy (non-hydrogen) atoms. The molecular formula is C48H31N3O2. The summed E-state index contributed by atoms with van der Waals surface area (Å²) in [6.45, 7) is 2.25. The van der Waals surface area contributed by atoms with E-state index in [1.54, 1.807) is 0 Å². The van der Waals surface area contributed by atoms with Gasteiger partial charge in [-0.3, -0.25) is 0 Å². The Morgan fingerprint density at radius 1 is 0.472 bits per heavy atom. The normalized spacial score (nSPS) is 14.2. The Balaban J connectivity index is 1.12. The van der Waals surface area contributed by atoms with Crippen molar-refractivity contribution >= 4 is 60.7 Å². The molecule has 5 heteroatoms. The highest BCUT2D eigenvalue weighted by Gasteiger charge is 2.20. The zero-order chi connectivity index (χ0) is 35.0. The highest BCUT2D eigenvalue weighted by molar-refractivity contribution is 6.16. The van der Waals surface area contributed by atoms with Crippen LogP contribution in [-0.2, 0) is 6.42 Å². The third-order valence-electron chi connectivity index (χ3n) is 10.7. The summed E-state index contributed by atoms with van der Waals surface area (Å²) in [7, 11) is 0. The molecular weight excluding hydrogens is 651 g/mol. The summed E-state index contributed by atoms with van der Waals surface area (Å²) in [4.78, 5) is 15.5. The van der Waals surface area contributed by atoms with Crippen LogP contribution in [0.1, 0.15) is 18.1 Å². The molecule has 250 valence electrons. The molecule has 0 bridgehead atoms. The van der Waals surface area contributed by atoms with Crippen molar-refractivity contribution in [1.29, 1.82) is 0 Å². The molecule has 0 spiro atoms. The van der Waals surface area contributed by atoms with Gasteiger partial charge >= 0.3 is 0 Å². The zero-order valence-electron chi connectivity index (χ0n) is 28.9. The van der Waals surface area contributed by atoms with E-state index in [0.29, 0.717) is 23.4 Å². The summed E-state index contributed by atoms with van der Waals surface area (Å²) >= 11 is 0. The third kappa shape index (κ3) is 4.81. The lowest BCUT2D eigenvalue weighted by Gasteiger charge is -2.17. The molecule has 1 unspecified atom stereocenters. The molecule has 0 N–H and O–H groups in total. The Bertz CT molecular complexity index is 3130. The van der Waals surface area contributed by atoms with Gasteiger partial charge in [-0.25, -0.2) is 15.0 Å². The van der Waals surface area contributed by atoms with Gasteiger partial charge in [0.1, 0.15) is 22.3 Å². The summed E-state index contributed by atoms with van der Waals surface area (Å²) in [6.07, 6.45) is 5.53. The van der Waals surface area contributed by atoms with Crippen LogP contribution >= 0.6 is 0 Å². The maximum absolute atomic E-state index is 6.29. The van der Waals surface area contributed by atoms with Crippen LogP contribution in [-0.4, -0.2) is 15.0 Å². The van der Waals surface area contributed by atoms with Crippen molar-refractivity contribution in [1.82, 2.24) is 15.0 Å². The Kier molecular flexibility index (Phi) is 6.52. The molecule has 0 radical (unpaired) electrons. The molecule has 0 aliphatic heterocycles. The quantitative estimate of drug-likeness (QED) is 0.185. The predicted molar refractivity (Wildman–Crippen MR) is 216 cm³/mol. The van der Waals surface area contributed by atoms with Crippen molar-refractivity contribution in [2.75, 3.05) is 0 Å². The van der Waals surface area contributed by atoms with Crippen LogP contribution in [0.15, 0.2) is 154 Å². The first-order valence-corrected chi connectivity index (χ1v) is 18.1. The fraction of sp³-hybridized carbons (Fsp3) is 0.0625. The molecule has 1 aliphatic rings. The van der Waals surface area contributed by atoms with Crippen molar-refractivity contribution in [2.24, 2.45) is 5.92 Å². The average Bonchev–Trinajstić information content (AvgIpc) is 3.78. The number of allylic oxidation sites excluding steroid dienone is 1. The van der Waals surface area contributed by atoms with E-state index in [4.69, 9.17) is 23.8 Å². The fourth-order valence-electron chi connectivity index (χ4n) is 8.12. The maximum Gasteiger partial charge on any atom is 0.164 e. The molecule has 0 fully saturated rings. The van der Waals surface area contributed by atoms with E-state index < -0.39 is 0 Å².